The number of rotatable bonds is 9. The van der Waals surface area contributed by atoms with Crippen molar-refractivity contribution < 1.29 is 0 Å². The van der Waals surface area contributed by atoms with Crippen molar-refractivity contribution in [1.82, 2.24) is 9.96 Å². The van der Waals surface area contributed by atoms with Crippen LogP contribution < -0.4 is 9.96 Å². The van der Waals surface area contributed by atoms with E-state index in [-0.39, 0.29) is 0 Å². The normalized spacial score (nSPS) is 15.6. The molecule has 0 saturated heterocycles. The van der Waals surface area contributed by atoms with E-state index in [0.29, 0.717) is 5.41 Å². The molecule has 0 radical (unpaired) electrons. The van der Waals surface area contributed by atoms with Crippen molar-refractivity contribution in [2.45, 2.75) is 72.9 Å². The Balaban J connectivity index is 4.02. The Bertz CT molecular complexity index is 252. The SMILES string of the molecule is CC(CN[Si](C)(C)C)C(C)(C)CCCN[Si](C)(C)C. The summed E-state index contributed by atoms with van der Waals surface area (Å²) in [5.41, 5.74) is 0.438. The fourth-order valence-corrected chi connectivity index (χ4v) is 3.83. The standard InChI is InChI=1S/C15H38N2Si2/c1-14(13-17-19(7,8)9)15(2,3)11-10-12-16-18(4,5)6/h14,16-17H,10-13H2,1-9H3. The van der Waals surface area contributed by atoms with Crippen molar-refractivity contribution in [1.29, 1.82) is 0 Å². The van der Waals surface area contributed by atoms with Gasteiger partial charge in [0.2, 0.25) is 0 Å². The van der Waals surface area contributed by atoms with Crippen molar-refractivity contribution in [3.05, 3.63) is 0 Å². The summed E-state index contributed by atoms with van der Waals surface area (Å²) in [6.45, 7) is 23.9. The molecule has 0 aromatic carbocycles. The van der Waals surface area contributed by atoms with Crippen LogP contribution >= 0.6 is 0 Å². The summed E-state index contributed by atoms with van der Waals surface area (Å²) in [7, 11) is -2.20. The molecule has 0 rings (SSSR count). The zero-order valence-electron chi connectivity index (χ0n) is 14.9. The smallest absolute Gasteiger partial charge is 0.116 e. The molecule has 0 fully saturated rings. The molecule has 19 heavy (non-hydrogen) atoms. The van der Waals surface area contributed by atoms with Crippen LogP contribution in [0.3, 0.4) is 0 Å². The van der Waals surface area contributed by atoms with Crippen LogP contribution in [0.5, 0.6) is 0 Å². The van der Waals surface area contributed by atoms with E-state index in [1.54, 1.807) is 0 Å². The van der Waals surface area contributed by atoms with Crippen LogP contribution in [0.1, 0.15) is 33.6 Å². The first kappa shape index (κ1) is 19.4. The quantitative estimate of drug-likeness (QED) is 0.491. The fourth-order valence-electron chi connectivity index (χ4n) is 1.99. The summed E-state index contributed by atoms with van der Waals surface area (Å²) in [5, 5.41) is 0. The van der Waals surface area contributed by atoms with Crippen LogP contribution in [0.2, 0.25) is 39.3 Å². The molecule has 1 atom stereocenters. The first-order chi connectivity index (χ1) is 8.33. The van der Waals surface area contributed by atoms with Crippen molar-refractivity contribution >= 4 is 16.5 Å². The maximum Gasteiger partial charge on any atom is 0.116 e. The molecule has 0 spiro atoms. The first-order valence-electron chi connectivity index (χ1n) is 7.83. The third kappa shape index (κ3) is 10.8. The van der Waals surface area contributed by atoms with Gasteiger partial charge in [-0.3, -0.25) is 0 Å². The molecular weight excluding hydrogens is 264 g/mol. The number of hydrogen-bond acceptors (Lipinski definition) is 2. The molecule has 0 heterocycles. The summed E-state index contributed by atoms with van der Waals surface area (Å²) in [6, 6.07) is 0. The second kappa shape index (κ2) is 7.39. The molecule has 0 aliphatic rings. The second-order valence-electron chi connectivity index (χ2n) is 8.80. The predicted molar refractivity (Wildman–Crippen MR) is 94.9 cm³/mol. The first-order valence-corrected chi connectivity index (χ1v) is 14.8. The highest BCUT2D eigenvalue weighted by Crippen LogP contribution is 2.31. The van der Waals surface area contributed by atoms with Crippen LogP contribution in [0.25, 0.3) is 0 Å². The van der Waals surface area contributed by atoms with Crippen molar-refractivity contribution in [2.75, 3.05) is 13.1 Å². The summed E-state index contributed by atoms with van der Waals surface area (Å²) in [5.74, 6) is 0.742. The van der Waals surface area contributed by atoms with Crippen LogP contribution in [0.4, 0.5) is 0 Å². The van der Waals surface area contributed by atoms with E-state index in [9.17, 15) is 0 Å². The monoisotopic (exact) mass is 302 g/mol. The maximum atomic E-state index is 3.77. The molecule has 0 saturated carbocycles. The Kier molecular flexibility index (Phi) is 7.52. The zero-order valence-corrected chi connectivity index (χ0v) is 16.9. The van der Waals surface area contributed by atoms with E-state index in [1.807, 2.05) is 0 Å². The van der Waals surface area contributed by atoms with Gasteiger partial charge < -0.3 is 9.96 Å². The van der Waals surface area contributed by atoms with Gasteiger partial charge in [-0.25, -0.2) is 0 Å². The van der Waals surface area contributed by atoms with E-state index in [0.717, 1.165) is 5.92 Å². The molecule has 0 aromatic heterocycles. The number of hydrogen-bond donors (Lipinski definition) is 2. The van der Waals surface area contributed by atoms with Gasteiger partial charge in [0.05, 0.1) is 0 Å². The van der Waals surface area contributed by atoms with Gasteiger partial charge in [-0.2, -0.15) is 0 Å². The lowest BCUT2D eigenvalue weighted by Crippen LogP contribution is -2.46. The highest BCUT2D eigenvalue weighted by Gasteiger charge is 2.26. The summed E-state index contributed by atoms with van der Waals surface area (Å²) >= 11 is 0. The predicted octanol–water partition coefficient (Wildman–Crippen LogP) is 4.28. The molecule has 116 valence electrons. The topological polar surface area (TPSA) is 24.1 Å². The van der Waals surface area contributed by atoms with Crippen LogP contribution in [-0.2, 0) is 0 Å². The average molecular weight is 303 g/mol. The molecule has 0 aliphatic carbocycles. The molecule has 0 bridgehead atoms. The van der Waals surface area contributed by atoms with Crippen LogP contribution in [0, 0.1) is 11.3 Å². The molecule has 4 heteroatoms. The van der Waals surface area contributed by atoms with Gasteiger partial charge in [0.25, 0.3) is 0 Å². The minimum absolute atomic E-state index is 0.438. The molecule has 2 nitrogen and oxygen atoms in total. The Morgan fingerprint density at radius 1 is 0.895 bits per heavy atom. The fraction of sp³-hybridized carbons (Fsp3) is 1.00. The number of nitrogens with one attached hydrogen (secondary N) is 2. The second-order valence-corrected chi connectivity index (χ2v) is 18.5. The third-order valence-electron chi connectivity index (χ3n) is 3.93. The van der Waals surface area contributed by atoms with Crippen LogP contribution in [0.15, 0.2) is 0 Å². The summed E-state index contributed by atoms with van der Waals surface area (Å²) < 4.78 is 0. The van der Waals surface area contributed by atoms with Gasteiger partial charge in [-0.1, -0.05) is 60.1 Å². The average Bonchev–Trinajstić information content (AvgIpc) is 2.18. The van der Waals surface area contributed by atoms with Crippen LogP contribution in [-0.4, -0.2) is 29.6 Å². The lowest BCUT2D eigenvalue weighted by atomic mass is 9.76. The lowest BCUT2D eigenvalue weighted by Gasteiger charge is -2.34. The molecular formula is C15H38N2Si2. The van der Waals surface area contributed by atoms with Gasteiger partial charge in [-0.15, -0.1) is 0 Å². The van der Waals surface area contributed by atoms with E-state index in [2.05, 4.69) is 70.0 Å². The summed E-state index contributed by atoms with van der Waals surface area (Å²) in [4.78, 5) is 7.49. The third-order valence-corrected chi connectivity index (χ3v) is 6.50. The van der Waals surface area contributed by atoms with E-state index < -0.39 is 16.5 Å². The Labute approximate surface area is 124 Å². The van der Waals surface area contributed by atoms with E-state index in [4.69, 9.17) is 0 Å². The van der Waals surface area contributed by atoms with Gasteiger partial charge >= 0.3 is 0 Å². The van der Waals surface area contributed by atoms with Gasteiger partial charge in [0.1, 0.15) is 16.5 Å². The van der Waals surface area contributed by atoms with E-state index >= 15 is 0 Å². The van der Waals surface area contributed by atoms with Gasteiger partial charge in [-0.05, 0) is 37.3 Å². The molecule has 2 N–H and O–H groups in total. The van der Waals surface area contributed by atoms with Gasteiger partial charge in [0, 0.05) is 0 Å². The summed E-state index contributed by atoms with van der Waals surface area (Å²) in [6.07, 6.45) is 2.62. The zero-order chi connectivity index (χ0) is 15.3. The lowest BCUT2D eigenvalue weighted by molar-refractivity contribution is 0.208. The Morgan fingerprint density at radius 2 is 1.37 bits per heavy atom. The van der Waals surface area contributed by atoms with Gasteiger partial charge in [0.15, 0.2) is 0 Å². The minimum atomic E-state index is -1.12. The molecule has 0 aliphatic heterocycles. The Hall–Kier alpha value is 0.354. The molecule has 1 unspecified atom stereocenters. The largest absolute Gasteiger partial charge is 0.337 e. The maximum absolute atomic E-state index is 3.77. The highest BCUT2D eigenvalue weighted by atomic mass is 28.3. The van der Waals surface area contributed by atoms with Crippen molar-refractivity contribution in [2.24, 2.45) is 11.3 Å². The van der Waals surface area contributed by atoms with Crippen molar-refractivity contribution in [3.8, 4) is 0 Å². The van der Waals surface area contributed by atoms with E-state index in [1.165, 1.54) is 25.9 Å². The van der Waals surface area contributed by atoms with Crippen molar-refractivity contribution in [3.63, 3.8) is 0 Å². The minimum Gasteiger partial charge on any atom is -0.337 e. The molecule has 0 aromatic rings. The molecule has 0 amide bonds. The Morgan fingerprint density at radius 3 is 1.79 bits per heavy atom. The highest BCUT2D eigenvalue weighted by molar-refractivity contribution is 6.73.